The zero-order chi connectivity index (χ0) is 42.1. The molecule has 4 heterocycles. The molecule has 2 aliphatic rings. The van der Waals surface area contributed by atoms with Gasteiger partial charge in [0.1, 0.15) is 11.6 Å². The van der Waals surface area contributed by atoms with Crippen LogP contribution >= 0.6 is 0 Å². The molecular formula is C47H55F2LiN6O7. The van der Waals surface area contributed by atoms with Crippen LogP contribution in [0.5, 0.6) is 0 Å². The van der Waals surface area contributed by atoms with Crippen molar-refractivity contribution in [3.8, 4) is 11.4 Å². The number of fused-ring (bicyclic) bond motifs is 2. The Morgan fingerprint density at radius 2 is 1.03 bits per heavy atom. The average Bonchev–Trinajstić information content (AvgIpc) is 3.63. The number of esters is 1. The smallest absolute Gasteiger partial charge is 0.870 e. The van der Waals surface area contributed by atoms with Gasteiger partial charge in [-0.3, -0.25) is 28.8 Å². The summed E-state index contributed by atoms with van der Waals surface area (Å²) in [6.45, 7) is 7.40. The zero-order valence-corrected chi connectivity index (χ0v) is 35.1. The number of nitrogens with zero attached hydrogens (tertiary/aromatic N) is 6. The van der Waals surface area contributed by atoms with E-state index in [1.807, 2.05) is 47.7 Å². The third-order valence-electron chi connectivity index (χ3n) is 11.2. The predicted molar refractivity (Wildman–Crippen MR) is 234 cm³/mol. The Bertz CT molecular complexity index is 2690. The van der Waals surface area contributed by atoms with Gasteiger partial charge in [-0.15, -0.1) is 0 Å². The van der Waals surface area contributed by atoms with E-state index in [1.165, 1.54) is 19.2 Å². The van der Waals surface area contributed by atoms with Crippen LogP contribution in [0, 0.1) is 25.5 Å². The third-order valence-corrected chi connectivity index (χ3v) is 11.2. The van der Waals surface area contributed by atoms with Gasteiger partial charge in [0.25, 0.3) is 11.1 Å². The Morgan fingerprint density at radius 1 is 0.651 bits per heavy atom. The van der Waals surface area contributed by atoms with E-state index in [0.29, 0.717) is 54.2 Å². The molecule has 4 aromatic carbocycles. The number of carboxylic acids is 1. The van der Waals surface area contributed by atoms with Crippen molar-refractivity contribution in [3.05, 3.63) is 173 Å². The Balaban J connectivity index is 0.000000315. The largest absolute Gasteiger partial charge is 1.00 e. The molecule has 0 fully saturated rings. The molecule has 0 unspecified atom stereocenters. The topological polar surface area (TPSA) is 154 Å². The molecule has 0 aliphatic carbocycles. The molecule has 0 radical (unpaired) electrons. The molecule has 0 spiro atoms. The van der Waals surface area contributed by atoms with Crippen molar-refractivity contribution < 1.29 is 52.6 Å². The number of aromatic carboxylic acids is 1. The number of ether oxygens (including phenoxy) is 1. The monoisotopic (exact) mass is 860 g/mol. The number of aromatic nitrogens is 4. The Kier molecular flexibility index (Phi) is 17.6. The number of rotatable bonds is 8. The summed E-state index contributed by atoms with van der Waals surface area (Å²) in [4.78, 5) is 53.2. The maximum atomic E-state index is 13.7. The van der Waals surface area contributed by atoms with Crippen LogP contribution in [0.15, 0.2) is 94.5 Å². The first-order chi connectivity index (χ1) is 28.2. The maximum absolute atomic E-state index is 13.7. The van der Waals surface area contributed by atoms with E-state index in [2.05, 4.69) is 9.80 Å². The number of hydrogen-bond acceptors (Lipinski definition) is 8. The molecule has 2 aliphatic heterocycles. The molecule has 0 amide bonds. The average molecular weight is 861 g/mol. The minimum Gasteiger partial charge on any atom is -0.870 e. The number of aryl methyl sites for hydroxylation is 2. The van der Waals surface area contributed by atoms with E-state index >= 15 is 0 Å². The second-order valence-corrected chi connectivity index (χ2v) is 15.1. The summed E-state index contributed by atoms with van der Waals surface area (Å²) in [6.07, 6.45) is 1.50. The molecule has 2 N–H and O–H groups in total. The minimum absolute atomic E-state index is 0. The number of carbonyl (C=O) groups is 2. The fourth-order valence-corrected chi connectivity index (χ4v) is 7.99. The molecule has 0 saturated heterocycles. The van der Waals surface area contributed by atoms with Gasteiger partial charge < -0.3 is 15.3 Å². The van der Waals surface area contributed by atoms with E-state index < -0.39 is 5.97 Å². The van der Waals surface area contributed by atoms with Gasteiger partial charge in [0.05, 0.1) is 40.7 Å². The Labute approximate surface area is 378 Å². The second kappa shape index (κ2) is 21.5. The van der Waals surface area contributed by atoms with E-state index in [4.69, 9.17) is 9.84 Å². The molecule has 6 aromatic rings. The van der Waals surface area contributed by atoms with Crippen LogP contribution in [0.2, 0.25) is 0 Å². The first-order valence-electron chi connectivity index (χ1n) is 19.3. The van der Waals surface area contributed by atoms with Crippen LogP contribution < -0.4 is 30.0 Å². The quantitative estimate of drug-likeness (QED) is 0.177. The van der Waals surface area contributed by atoms with Gasteiger partial charge in [0.15, 0.2) is 0 Å². The third kappa shape index (κ3) is 10.7. The maximum Gasteiger partial charge on any atom is 1.00 e. The number of carbonyl (C=O) groups excluding carboxylic acids is 1. The van der Waals surface area contributed by atoms with E-state index in [-0.39, 0.29) is 73.5 Å². The molecule has 16 heteroatoms. The van der Waals surface area contributed by atoms with E-state index in [0.717, 1.165) is 59.6 Å². The predicted octanol–water partition coefficient (Wildman–Crippen LogP) is 3.95. The summed E-state index contributed by atoms with van der Waals surface area (Å²) in [5.41, 5.74) is 8.56. The van der Waals surface area contributed by atoms with Crippen molar-refractivity contribution in [2.24, 2.45) is 14.1 Å². The van der Waals surface area contributed by atoms with Gasteiger partial charge in [-0.1, -0.05) is 39.1 Å². The van der Waals surface area contributed by atoms with Gasteiger partial charge in [0.2, 0.25) is 0 Å². The van der Waals surface area contributed by atoms with Gasteiger partial charge in [-0.2, -0.15) is 0 Å². The normalized spacial score (nSPS) is 13.1. The number of carboxylic acid groups (broad SMARTS) is 1. The SMILES string of the molecule is C.C.COC(=O)c1ccc(CN2CCc3c(c(=O)n(-c4ccc(F)c(C)c4)n3C)C2)cc1.Cc1cc(-n2c(=O)c3c(n2C)CCN(Cc2ccc(C(=O)O)cc2)C3)ccc1F.[Li+].[OH-]. The van der Waals surface area contributed by atoms with Crippen molar-refractivity contribution in [3.63, 3.8) is 0 Å². The molecule has 0 bridgehead atoms. The number of halogens is 2. The second-order valence-electron chi connectivity index (χ2n) is 15.1. The van der Waals surface area contributed by atoms with Gasteiger partial charge in [0, 0.05) is 77.6 Å². The standard InChI is InChI=1S/C23H24FN3O3.C22H22FN3O3.2CH4.Li.H2O/c1-15-12-18(8-9-20(15)24)27-22(28)19-14-26(11-10-21(19)25(27)2)13-16-4-6-17(7-5-16)23(29)30-3;1-14-11-17(7-8-19(14)23)26-21(27)18-13-25(10-9-20(18)24(26)2)12-15-3-5-16(6-4-15)22(28)29;;;;/h4-9,12H,10-11,13-14H2,1-3H3;3-8,11H,9-10,12-13H2,1-2H3,(H,28,29);2*1H4;;1H2/q;;;;+1;/p-1. The first kappa shape index (κ1) is 51.5. The molecule has 330 valence electrons. The van der Waals surface area contributed by atoms with Crippen LogP contribution in [0.4, 0.5) is 8.78 Å². The Morgan fingerprint density at radius 3 is 1.38 bits per heavy atom. The van der Waals surface area contributed by atoms with Gasteiger partial charge >= 0.3 is 30.8 Å². The summed E-state index contributed by atoms with van der Waals surface area (Å²) >= 11 is 0. The van der Waals surface area contributed by atoms with Crippen LogP contribution in [0.1, 0.15) is 80.3 Å². The van der Waals surface area contributed by atoms with Crippen molar-refractivity contribution in [1.82, 2.24) is 28.5 Å². The molecule has 13 nitrogen and oxygen atoms in total. The van der Waals surface area contributed by atoms with Gasteiger partial charge in [-0.05, 0) is 96.8 Å². The number of hydrogen-bond donors (Lipinski definition) is 1. The summed E-state index contributed by atoms with van der Waals surface area (Å²) in [5, 5.41) is 9.02. The van der Waals surface area contributed by atoms with Crippen molar-refractivity contribution in [2.45, 2.75) is 67.7 Å². The van der Waals surface area contributed by atoms with Crippen LogP contribution in [0.3, 0.4) is 0 Å². The zero-order valence-electron chi connectivity index (χ0n) is 35.1. The number of methoxy groups -OCH3 is 1. The first-order valence-corrected chi connectivity index (χ1v) is 19.3. The van der Waals surface area contributed by atoms with Crippen LogP contribution in [-0.2, 0) is 57.9 Å². The molecular weight excluding hydrogens is 805 g/mol. The molecule has 8 rings (SSSR count). The van der Waals surface area contributed by atoms with E-state index in [9.17, 15) is 28.0 Å². The summed E-state index contributed by atoms with van der Waals surface area (Å²) in [6, 6.07) is 23.6. The molecule has 2 aromatic heterocycles. The molecule has 0 atom stereocenters. The summed E-state index contributed by atoms with van der Waals surface area (Å²) < 4.78 is 39.0. The van der Waals surface area contributed by atoms with Crippen LogP contribution in [0.25, 0.3) is 11.4 Å². The van der Waals surface area contributed by atoms with Crippen molar-refractivity contribution in [1.29, 1.82) is 0 Å². The van der Waals surface area contributed by atoms with Crippen molar-refractivity contribution in [2.75, 3.05) is 20.2 Å². The van der Waals surface area contributed by atoms with Gasteiger partial charge in [-0.25, -0.2) is 27.7 Å². The fraction of sp³-hybridized carbons (Fsp3) is 0.319. The fourth-order valence-electron chi connectivity index (χ4n) is 7.99. The molecule has 63 heavy (non-hydrogen) atoms. The summed E-state index contributed by atoms with van der Waals surface area (Å²) in [7, 11) is 5.10. The van der Waals surface area contributed by atoms with Crippen molar-refractivity contribution >= 4 is 11.9 Å². The Hall–Kier alpha value is -5.82. The van der Waals surface area contributed by atoms with Crippen LogP contribution in [-0.4, -0.2) is 71.2 Å². The minimum atomic E-state index is -0.944. The number of benzene rings is 4. The van der Waals surface area contributed by atoms with E-state index in [1.54, 1.807) is 71.7 Å². The molecule has 0 saturated carbocycles. The summed E-state index contributed by atoms with van der Waals surface area (Å²) in [5.74, 6) is -1.87.